The van der Waals surface area contributed by atoms with Crippen molar-refractivity contribution in [2.24, 2.45) is 0 Å². The summed E-state index contributed by atoms with van der Waals surface area (Å²) in [7, 11) is 0. The SMILES string of the molecule is N#Cc1ccc2c(ccc3ccc(Cl)cc32)c1. The van der Waals surface area contributed by atoms with Crippen molar-refractivity contribution in [2.45, 2.75) is 0 Å². The minimum Gasteiger partial charge on any atom is -0.192 e. The molecule has 0 saturated carbocycles. The highest BCUT2D eigenvalue weighted by molar-refractivity contribution is 6.31. The Hall–Kier alpha value is -2.04. The zero-order valence-electron chi connectivity index (χ0n) is 8.94. The van der Waals surface area contributed by atoms with Crippen LogP contribution in [0.1, 0.15) is 5.56 Å². The monoisotopic (exact) mass is 237 g/mol. The molecule has 0 radical (unpaired) electrons. The number of hydrogen-bond donors (Lipinski definition) is 0. The summed E-state index contributed by atoms with van der Waals surface area (Å²) in [5, 5.41) is 14.1. The van der Waals surface area contributed by atoms with Gasteiger partial charge < -0.3 is 0 Å². The van der Waals surface area contributed by atoms with E-state index in [0.29, 0.717) is 5.56 Å². The molecule has 0 N–H and O–H groups in total. The molecule has 2 heteroatoms. The number of hydrogen-bond acceptors (Lipinski definition) is 1. The first-order chi connectivity index (χ1) is 8.28. The van der Waals surface area contributed by atoms with Crippen LogP contribution in [0.25, 0.3) is 21.5 Å². The van der Waals surface area contributed by atoms with Crippen LogP contribution in [0.4, 0.5) is 0 Å². The zero-order chi connectivity index (χ0) is 11.8. The molecule has 80 valence electrons. The third kappa shape index (κ3) is 1.63. The van der Waals surface area contributed by atoms with E-state index >= 15 is 0 Å². The molecule has 0 spiro atoms. The second kappa shape index (κ2) is 3.76. The molecule has 3 rings (SSSR count). The standard InChI is InChI=1S/C15H8ClN/c16-13-5-4-11-2-3-12-7-10(9-17)1-6-14(12)15(11)8-13/h1-8H. The lowest BCUT2D eigenvalue weighted by atomic mass is 10.0. The maximum Gasteiger partial charge on any atom is 0.0991 e. The van der Waals surface area contributed by atoms with Gasteiger partial charge in [0.25, 0.3) is 0 Å². The Morgan fingerprint density at radius 3 is 2.41 bits per heavy atom. The highest BCUT2D eigenvalue weighted by atomic mass is 35.5. The van der Waals surface area contributed by atoms with Crippen LogP contribution in [0, 0.1) is 11.3 Å². The van der Waals surface area contributed by atoms with Crippen LogP contribution in [0.2, 0.25) is 5.02 Å². The average Bonchev–Trinajstić information content (AvgIpc) is 2.37. The van der Waals surface area contributed by atoms with Gasteiger partial charge in [0.15, 0.2) is 0 Å². The first-order valence-corrected chi connectivity index (χ1v) is 5.68. The van der Waals surface area contributed by atoms with E-state index < -0.39 is 0 Å². The predicted molar refractivity (Wildman–Crippen MR) is 71.2 cm³/mol. The Labute approximate surface area is 104 Å². The molecule has 0 saturated heterocycles. The van der Waals surface area contributed by atoms with E-state index in [4.69, 9.17) is 16.9 Å². The van der Waals surface area contributed by atoms with Gasteiger partial charge >= 0.3 is 0 Å². The van der Waals surface area contributed by atoms with Crippen molar-refractivity contribution in [1.82, 2.24) is 0 Å². The van der Waals surface area contributed by atoms with Gasteiger partial charge in [-0.25, -0.2) is 0 Å². The van der Waals surface area contributed by atoms with E-state index in [1.54, 1.807) is 0 Å². The lowest BCUT2D eigenvalue weighted by molar-refractivity contribution is 1.50. The Bertz CT molecular complexity index is 769. The Balaban J connectivity index is 2.47. The summed E-state index contributed by atoms with van der Waals surface area (Å²) in [6.45, 7) is 0. The van der Waals surface area contributed by atoms with E-state index in [-0.39, 0.29) is 0 Å². The minimum atomic E-state index is 0.680. The summed E-state index contributed by atoms with van der Waals surface area (Å²) in [6, 6.07) is 17.8. The van der Waals surface area contributed by atoms with Crippen LogP contribution in [0.15, 0.2) is 48.5 Å². The van der Waals surface area contributed by atoms with Gasteiger partial charge in [-0.3, -0.25) is 0 Å². The molecule has 0 aliphatic carbocycles. The van der Waals surface area contributed by atoms with Crippen LogP contribution >= 0.6 is 11.6 Å². The third-order valence-corrected chi connectivity index (χ3v) is 3.16. The van der Waals surface area contributed by atoms with Gasteiger partial charge in [-0.15, -0.1) is 0 Å². The van der Waals surface area contributed by atoms with E-state index in [1.165, 1.54) is 0 Å². The number of fused-ring (bicyclic) bond motifs is 3. The molecule has 0 bridgehead atoms. The molecule has 0 heterocycles. The molecular weight excluding hydrogens is 230 g/mol. The van der Waals surface area contributed by atoms with Crippen LogP contribution in [0.3, 0.4) is 0 Å². The van der Waals surface area contributed by atoms with Crippen molar-refractivity contribution >= 4 is 33.1 Å². The van der Waals surface area contributed by atoms with Gasteiger partial charge in [-0.05, 0) is 45.8 Å². The first kappa shape index (κ1) is 10.1. The summed E-state index contributed by atoms with van der Waals surface area (Å²) >= 11 is 6.03. The predicted octanol–water partition coefficient (Wildman–Crippen LogP) is 4.52. The van der Waals surface area contributed by atoms with Crippen molar-refractivity contribution in [2.75, 3.05) is 0 Å². The van der Waals surface area contributed by atoms with Gasteiger partial charge in [-0.2, -0.15) is 5.26 Å². The molecule has 0 fully saturated rings. The molecule has 1 nitrogen and oxygen atoms in total. The molecule has 0 aliphatic rings. The third-order valence-electron chi connectivity index (χ3n) is 2.93. The van der Waals surface area contributed by atoms with E-state index in [0.717, 1.165) is 26.6 Å². The summed E-state index contributed by atoms with van der Waals surface area (Å²) in [4.78, 5) is 0. The lowest BCUT2D eigenvalue weighted by Gasteiger charge is -2.04. The van der Waals surface area contributed by atoms with Gasteiger partial charge in [-0.1, -0.05) is 35.9 Å². The fraction of sp³-hybridized carbons (Fsp3) is 0. The molecular formula is C15H8ClN. The van der Waals surface area contributed by atoms with Crippen LogP contribution in [-0.2, 0) is 0 Å². The van der Waals surface area contributed by atoms with Crippen LogP contribution in [0.5, 0.6) is 0 Å². The van der Waals surface area contributed by atoms with Crippen molar-refractivity contribution in [3.63, 3.8) is 0 Å². The quantitative estimate of drug-likeness (QED) is 0.528. The van der Waals surface area contributed by atoms with Crippen molar-refractivity contribution in [1.29, 1.82) is 5.26 Å². The van der Waals surface area contributed by atoms with E-state index in [2.05, 4.69) is 12.1 Å². The number of nitriles is 1. The van der Waals surface area contributed by atoms with Crippen molar-refractivity contribution in [3.8, 4) is 6.07 Å². The molecule has 17 heavy (non-hydrogen) atoms. The molecule has 0 aliphatic heterocycles. The summed E-state index contributed by atoms with van der Waals surface area (Å²) in [5.74, 6) is 0. The van der Waals surface area contributed by atoms with Crippen LogP contribution < -0.4 is 0 Å². The van der Waals surface area contributed by atoms with Crippen molar-refractivity contribution in [3.05, 3.63) is 59.1 Å². The summed E-state index contributed by atoms with van der Waals surface area (Å²) in [6.07, 6.45) is 0. The van der Waals surface area contributed by atoms with Gasteiger partial charge in [0.2, 0.25) is 0 Å². The molecule has 0 amide bonds. The Morgan fingerprint density at radius 1 is 0.824 bits per heavy atom. The fourth-order valence-electron chi connectivity index (χ4n) is 2.10. The molecule has 0 aromatic heterocycles. The number of benzene rings is 3. The maximum absolute atomic E-state index is 8.88. The Morgan fingerprint density at radius 2 is 1.59 bits per heavy atom. The smallest absolute Gasteiger partial charge is 0.0991 e. The molecule has 0 atom stereocenters. The van der Waals surface area contributed by atoms with Gasteiger partial charge in [0.1, 0.15) is 0 Å². The lowest BCUT2D eigenvalue weighted by Crippen LogP contribution is -1.80. The molecule has 3 aromatic carbocycles. The first-order valence-electron chi connectivity index (χ1n) is 5.30. The molecule has 3 aromatic rings. The largest absolute Gasteiger partial charge is 0.192 e. The normalized spacial score (nSPS) is 10.6. The zero-order valence-corrected chi connectivity index (χ0v) is 9.70. The van der Waals surface area contributed by atoms with Gasteiger partial charge in [0, 0.05) is 5.02 Å². The second-order valence-corrected chi connectivity index (χ2v) is 4.42. The number of nitrogens with zero attached hydrogens (tertiary/aromatic N) is 1. The second-order valence-electron chi connectivity index (χ2n) is 3.98. The topological polar surface area (TPSA) is 23.8 Å². The maximum atomic E-state index is 8.88. The van der Waals surface area contributed by atoms with E-state index in [1.807, 2.05) is 42.5 Å². The number of halogens is 1. The summed E-state index contributed by atoms with van der Waals surface area (Å²) in [5.41, 5.74) is 0.680. The van der Waals surface area contributed by atoms with Crippen molar-refractivity contribution < 1.29 is 0 Å². The van der Waals surface area contributed by atoms with Crippen LogP contribution in [-0.4, -0.2) is 0 Å². The average molecular weight is 238 g/mol. The molecule has 0 unspecified atom stereocenters. The highest BCUT2D eigenvalue weighted by Crippen LogP contribution is 2.28. The van der Waals surface area contributed by atoms with E-state index in [9.17, 15) is 0 Å². The summed E-state index contributed by atoms with van der Waals surface area (Å²) < 4.78 is 0. The minimum absolute atomic E-state index is 0.680. The highest BCUT2D eigenvalue weighted by Gasteiger charge is 2.02. The number of rotatable bonds is 0. The fourth-order valence-corrected chi connectivity index (χ4v) is 2.27. The Kier molecular flexibility index (Phi) is 2.24. The van der Waals surface area contributed by atoms with Gasteiger partial charge in [0.05, 0.1) is 11.6 Å².